The largest absolute Gasteiger partial charge is 0.394 e. The van der Waals surface area contributed by atoms with Crippen molar-refractivity contribution in [2.24, 2.45) is 0 Å². The molecular weight excluding hydrogens is 156 g/mol. The van der Waals surface area contributed by atoms with Crippen LogP contribution in [-0.4, -0.2) is 22.8 Å². The lowest BCUT2D eigenvalue weighted by Crippen LogP contribution is -2.36. The van der Waals surface area contributed by atoms with Gasteiger partial charge in [0.05, 0.1) is 4.66 Å². The fourth-order valence-electron chi connectivity index (χ4n) is 0.305. The van der Waals surface area contributed by atoms with Gasteiger partial charge < -0.3 is 8.85 Å². The highest BCUT2D eigenvalue weighted by Crippen LogP contribution is 2.17. The standard InChI is InChI=1S/C5H11ClO2Si/c1-5(6)9(4,7-2)8-3/h1H2,2-4H3. The van der Waals surface area contributed by atoms with Crippen molar-refractivity contribution in [2.75, 3.05) is 14.2 Å². The molecule has 0 unspecified atom stereocenters. The van der Waals surface area contributed by atoms with E-state index in [1.165, 1.54) is 0 Å². The van der Waals surface area contributed by atoms with Crippen LogP contribution in [0.1, 0.15) is 0 Å². The Hall–Kier alpha value is 0.167. The summed E-state index contributed by atoms with van der Waals surface area (Å²) in [5.41, 5.74) is 0. The predicted molar refractivity (Wildman–Crippen MR) is 40.6 cm³/mol. The van der Waals surface area contributed by atoms with E-state index in [4.69, 9.17) is 20.5 Å². The van der Waals surface area contributed by atoms with E-state index in [2.05, 4.69) is 6.58 Å². The van der Waals surface area contributed by atoms with E-state index >= 15 is 0 Å². The molecule has 0 fully saturated rings. The van der Waals surface area contributed by atoms with Gasteiger partial charge in [-0.05, 0) is 6.55 Å². The maximum atomic E-state index is 5.60. The van der Waals surface area contributed by atoms with Gasteiger partial charge in [0.2, 0.25) is 0 Å². The average Bonchev–Trinajstić information content (AvgIpc) is 1.86. The van der Waals surface area contributed by atoms with E-state index in [1.54, 1.807) is 14.2 Å². The highest BCUT2D eigenvalue weighted by molar-refractivity contribution is 6.83. The first-order chi connectivity index (χ1) is 4.06. The monoisotopic (exact) mass is 166 g/mol. The van der Waals surface area contributed by atoms with Crippen molar-refractivity contribution in [1.29, 1.82) is 0 Å². The van der Waals surface area contributed by atoms with Crippen molar-refractivity contribution < 1.29 is 8.85 Å². The van der Waals surface area contributed by atoms with Crippen LogP contribution >= 0.6 is 11.6 Å². The second-order valence-corrected chi connectivity index (χ2v) is 5.84. The Bertz CT molecular complexity index is 112. The van der Waals surface area contributed by atoms with Crippen LogP contribution in [0.4, 0.5) is 0 Å². The molecule has 0 aliphatic rings. The summed E-state index contributed by atoms with van der Waals surface area (Å²) in [4.78, 5) is 0. The van der Waals surface area contributed by atoms with Gasteiger partial charge in [0.15, 0.2) is 0 Å². The maximum Gasteiger partial charge on any atom is 0.379 e. The number of halogens is 1. The van der Waals surface area contributed by atoms with Gasteiger partial charge in [-0.2, -0.15) is 0 Å². The summed E-state index contributed by atoms with van der Waals surface area (Å²) in [6.45, 7) is 5.38. The summed E-state index contributed by atoms with van der Waals surface area (Å²) >= 11 is 5.60. The Balaban J connectivity index is 4.09. The minimum atomic E-state index is -2.20. The highest BCUT2D eigenvalue weighted by Gasteiger charge is 2.31. The van der Waals surface area contributed by atoms with Gasteiger partial charge in [-0.25, -0.2) is 0 Å². The van der Waals surface area contributed by atoms with Crippen molar-refractivity contribution in [3.05, 3.63) is 11.2 Å². The SMILES string of the molecule is C=C(Cl)[Si](C)(OC)OC. The van der Waals surface area contributed by atoms with Crippen molar-refractivity contribution in [2.45, 2.75) is 6.55 Å². The molecule has 9 heavy (non-hydrogen) atoms. The molecule has 0 aliphatic carbocycles. The molecule has 0 aliphatic heterocycles. The Labute approximate surface area is 61.7 Å². The molecule has 54 valence electrons. The fourth-order valence-corrected chi connectivity index (χ4v) is 1.38. The third-order valence-corrected chi connectivity index (χ3v) is 4.85. The molecule has 0 amide bonds. The van der Waals surface area contributed by atoms with Crippen LogP contribution in [0.25, 0.3) is 0 Å². The summed E-state index contributed by atoms with van der Waals surface area (Å²) in [5.74, 6) is 0. The number of rotatable bonds is 3. The first-order valence-corrected chi connectivity index (χ1v) is 5.21. The van der Waals surface area contributed by atoms with Crippen molar-refractivity contribution >= 4 is 20.2 Å². The topological polar surface area (TPSA) is 18.5 Å². The molecule has 0 saturated heterocycles. The smallest absolute Gasteiger partial charge is 0.379 e. The van der Waals surface area contributed by atoms with Gasteiger partial charge in [-0.15, -0.1) is 0 Å². The van der Waals surface area contributed by atoms with E-state index in [0.717, 1.165) is 0 Å². The van der Waals surface area contributed by atoms with Crippen LogP contribution < -0.4 is 0 Å². The van der Waals surface area contributed by atoms with Crippen LogP contribution in [-0.2, 0) is 8.85 Å². The summed E-state index contributed by atoms with van der Waals surface area (Å²) in [7, 11) is 0.942. The highest BCUT2D eigenvalue weighted by atomic mass is 35.5. The second-order valence-electron chi connectivity index (χ2n) is 1.76. The molecule has 0 saturated carbocycles. The van der Waals surface area contributed by atoms with Crippen molar-refractivity contribution in [3.8, 4) is 0 Å². The molecule has 0 bridgehead atoms. The third-order valence-electron chi connectivity index (χ3n) is 1.27. The van der Waals surface area contributed by atoms with E-state index < -0.39 is 8.56 Å². The van der Waals surface area contributed by atoms with Crippen LogP contribution in [0.2, 0.25) is 6.55 Å². The lowest BCUT2D eigenvalue weighted by atomic mass is 11.2. The maximum absolute atomic E-state index is 5.60. The Kier molecular flexibility index (Phi) is 3.43. The minimum Gasteiger partial charge on any atom is -0.394 e. The molecule has 2 nitrogen and oxygen atoms in total. The van der Waals surface area contributed by atoms with Gasteiger partial charge in [0, 0.05) is 14.2 Å². The van der Waals surface area contributed by atoms with Crippen LogP contribution in [0.15, 0.2) is 11.2 Å². The van der Waals surface area contributed by atoms with E-state index in [1.807, 2.05) is 6.55 Å². The predicted octanol–water partition coefficient (Wildman–Crippen LogP) is 1.64. The quantitative estimate of drug-likeness (QED) is 0.594. The minimum absolute atomic E-state index is 0.479. The lowest BCUT2D eigenvalue weighted by molar-refractivity contribution is 0.262. The summed E-state index contributed by atoms with van der Waals surface area (Å²) < 4.78 is 10.5. The Morgan fingerprint density at radius 3 is 1.78 bits per heavy atom. The second kappa shape index (κ2) is 3.36. The molecule has 0 rings (SSSR count). The van der Waals surface area contributed by atoms with Gasteiger partial charge in [0.1, 0.15) is 0 Å². The molecule has 0 heterocycles. The Morgan fingerprint density at radius 2 is 1.78 bits per heavy atom. The molecule has 4 heteroatoms. The summed E-state index contributed by atoms with van der Waals surface area (Å²) in [6.07, 6.45) is 0. The third kappa shape index (κ3) is 2.10. The normalized spacial score (nSPS) is 11.6. The number of hydrogen-bond acceptors (Lipinski definition) is 2. The van der Waals surface area contributed by atoms with Crippen LogP contribution in [0.5, 0.6) is 0 Å². The summed E-state index contributed by atoms with van der Waals surface area (Å²) in [5, 5.41) is 0. The molecule has 0 aromatic heterocycles. The van der Waals surface area contributed by atoms with E-state index in [0.29, 0.717) is 4.66 Å². The van der Waals surface area contributed by atoms with Crippen molar-refractivity contribution in [1.82, 2.24) is 0 Å². The Morgan fingerprint density at radius 1 is 1.44 bits per heavy atom. The molecule has 0 spiro atoms. The van der Waals surface area contributed by atoms with Gasteiger partial charge in [0.25, 0.3) is 0 Å². The molecular formula is C5H11ClO2Si. The van der Waals surface area contributed by atoms with Crippen molar-refractivity contribution in [3.63, 3.8) is 0 Å². The fraction of sp³-hybridized carbons (Fsp3) is 0.600. The van der Waals surface area contributed by atoms with Crippen LogP contribution in [0, 0.1) is 0 Å². The zero-order chi connectivity index (χ0) is 7.49. The van der Waals surface area contributed by atoms with E-state index in [-0.39, 0.29) is 0 Å². The molecule has 0 radical (unpaired) electrons. The van der Waals surface area contributed by atoms with E-state index in [9.17, 15) is 0 Å². The number of hydrogen-bond donors (Lipinski definition) is 0. The molecule has 0 N–H and O–H groups in total. The summed E-state index contributed by atoms with van der Waals surface area (Å²) in [6, 6.07) is 0. The van der Waals surface area contributed by atoms with Crippen LogP contribution in [0.3, 0.4) is 0 Å². The average molecular weight is 167 g/mol. The lowest BCUT2D eigenvalue weighted by Gasteiger charge is -2.20. The first kappa shape index (κ1) is 9.17. The zero-order valence-corrected chi connectivity index (χ0v) is 7.66. The van der Waals surface area contributed by atoms with Gasteiger partial charge in [-0.3, -0.25) is 0 Å². The van der Waals surface area contributed by atoms with Gasteiger partial charge in [-0.1, -0.05) is 18.2 Å². The molecule has 0 aromatic carbocycles. The molecule has 0 aromatic rings. The van der Waals surface area contributed by atoms with Gasteiger partial charge >= 0.3 is 8.56 Å². The zero-order valence-electron chi connectivity index (χ0n) is 5.90. The first-order valence-electron chi connectivity index (χ1n) is 2.52. The molecule has 0 atom stereocenters.